The number of methoxy groups -OCH3 is 1. The fraction of sp³-hybridized carbons (Fsp3) is 0.292. The third-order valence-electron chi connectivity index (χ3n) is 6.43. The first-order chi connectivity index (χ1) is 15.2. The first-order valence-corrected chi connectivity index (χ1v) is 10.5. The fourth-order valence-corrected chi connectivity index (χ4v) is 4.94. The van der Waals surface area contributed by atoms with Crippen LogP contribution in [-0.2, 0) is 11.2 Å². The van der Waals surface area contributed by atoms with Gasteiger partial charge in [-0.25, -0.2) is 9.67 Å². The lowest BCUT2D eigenvalue weighted by Crippen LogP contribution is -2.88. The van der Waals surface area contributed by atoms with Crippen LogP contribution in [-0.4, -0.2) is 39.3 Å². The monoisotopic (exact) mass is 417 g/mol. The van der Waals surface area contributed by atoms with Gasteiger partial charge in [0.15, 0.2) is 5.78 Å². The van der Waals surface area contributed by atoms with Crippen LogP contribution in [0.25, 0.3) is 0 Å². The normalized spacial score (nSPS) is 23.5. The van der Waals surface area contributed by atoms with Crippen LogP contribution in [0.3, 0.4) is 0 Å². The molecule has 2 aliphatic rings. The highest BCUT2D eigenvalue weighted by Crippen LogP contribution is 2.44. The number of aromatic nitrogens is 3. The van der Waals surface area contributed by atoms with Crippen LogP contribution in [0.15, 0.2) is 72.5 Å². The lowest BCUT2D eigenvalue weighted by molar-refractivity contribution is -0.690. The van der Waals surface area contributed by atoms with Crippen molar-refractivity contribution < 1.29 is 20.0 Å². The van der Waals surface area contributed by atoms with Gasteiger partial charge >= 0.3 is 0 Å². The molecule has 0 radical (unpaired) electrons. The van der Waals surface area contributed by atoms with Gasteiger partial charge in [-0.05, 0) is 23.3 Å². The smallest absolute Gasteiger partial charge is 0.169 e. The molecule has 1 aromatic heterocycles. The molecule has 1 aliphatic heterocycles. The Labute approximate surface area is 180 Å². The Morgan fingerprint density at radius 1 is 1.16 bits per heavy atom. The molecule has 2 aromatic carbocycles. The van der Waals surface area contributed by atoms with Crippen LogP contribution in [0, 0.1) is 0 Å². The van der Waals surface area contributed by atoms with Gasteiger partial charge in [0, 0.05) is 24.3 Å². The SMILES string of the molecule is COc1ccc([C@H]2CC(=O)C([C@H]3[NH2+]CCc4ccccc43)=C(O)[C@H]2n2cncn2)cc1. The van der Waals surface area contributed by atoms with Gasteiger partial charge in [-0.15, -0.1) is 0 Å². The number of aliphatic hydroxyl groups excluding tert-OH is 1. The highest BCUT2D eigenvalue weighted by molar-refractivity contribution is 5.98. The zero-order valence-electron chi connectivity index (χ0n) is 17.3. The van der Waals surface area contributed by atoms with E-state index in [0.29, 0.717) is 12.0 Å². The number of benzene rings is 2. The van der Waals surface area contributed by atoms with Crippen molar-refractivity contribution in [2.24, 2.45) is 0 Å². The molecular formula is C24H25N4O3+. The highest BCUT2D eigenvalue weighted by Gasteiger charge is 2.44. The van der Waals surface area contributed by atoms with Gasteiger partial charge in [-0.3, -0.25) is 4.79 Å². The molecule has 0 amide bonds. The van der Waals surface area contributed by atoms with E-state index < -0.39 is 6.04 Å². The van der Waals surface area contributed by atoms with E-state index in [1.165, 1.54) is 11.9 Å². The van der Waals surface area contributed by atoms with Gasteiger partial charge in [0.2, 0.25) is 0 Å². The maximum Gasteiger partial charge on any atom is 0.169 e. The van der Waals surface area contributed by atoms with Crippen molar-refractivity contribution in [3.8, 4) is 5.75 Å². The van der Waals surface area contributed by atoms with Gasteiger partial charge in [0.25, 0.3) is 0 Å². The van der Waals surface area contributed by atoms with Crippen molar-refractivity contribution in [3.63, 3.8) is 0 Å². The molecule has 5 rings (SSSR count). The number of quaternary nitrogens is 1. The predicted molar refractivity (Wildman–Crippen MR) is 114 cm³/mol. The van der Waals surface area contributed by atoms with E-state index in [4.69, 9.17) is 4.74 Å². The summed E-state index contributed by atoms with van der Waals surface area (Å²) in [6, 6.07) is 15.1. The largest absolute Gasteiger partial charge is 0.509 e. The number of ether oxygens (including phenoxy) is 1. The van der Waals surface area contributed by atoms with Gasteiger partial charge in [-0.1, -0.05) is 36.4 Å². The summed E-state index contributed by atoms with van der Waals surface area (Å²) in [4.78, 5) is 17.5. The Kier molecular flexibility index (Phi) is 5.03. The first kappa shape index (κ1) is 19.5. The number of Topliss-reactive ketones (excluding diaryl/α,β-unsaturated/α-hetero) is 1. The number of aliphatic hydroxyl groups is 1. The van der Waals surface area contributed by atoms with Crippen LogP contribution in [0.2, 0.25) is 0 Å². The Balaban J connectivity index is 1.62. The summed E-state index contributed by atoms with van der Waals surface area (Å²) in [7, 11) is 1.62. The molecular weight excluding hydrogens is 392 g/mol. The number of carbonyl (C=O) groups excluding carboxylic acids is 1. The number of carbonyl (C=O) groups is 1. The van der Waals surface area contributed by atoms with Crippen molar-refractivity contribution in [2.75, 3.05) is 13.7 Å². The van der Waals surface area contributed by atoms with E-state index in [0.717, 1.165) is 29.8 Å². The molecule has 3 aromatic rings. The summed E-state index contributed by atoms with van der Waals surface area (Å²) in [6.45, 7) is 0.877. The third kappa shape index (κ3) is 3.41. The van der Waals surface area contributed by atoms with E-state index in [-0.39, 0.29) is 23.5 Å². The van der Waals surface area contributed by atoms with Crippen molar-refractivity contribution in [2.45, 2.75) is 30.8 Å². The van der Waals surface area contributed by atoms with Gasteiger partial charge < -0.3 is 15.2 Å². The Morgan fingerprint density at radius 3 is 2.71 bits per heavy atom. The number of nitrogens with zero attached hydrogens (tertiary/aromatic N) is 3. The van der Waals surface area contributed by atoms with Gasteiger partial charge in [0.1, 0.15) is 36.2 Å². The molecule has 0 saturated carbocycles. The van der Waals surface area contributed by atoms with E-state index in [1.54, 1.807) is 18.1 Å². The van der Waals surface area contributed by atoms with E-state index in [9.17, 15) is 9.90 Å². The minimum absolute atomic E-state index is 0.0207. The van der Waals surface area contributed by atoms with E-state index in [2.05, 4.69) is 27.5 Å². The molecule has 31 heavy (non-hydrogen) atoms. The number of hydrogen-bond donors (Lipinski definition) is 2. The van der Waals surface area contributed by atoms with Crippen molar-refractivity contribution in [1.29, 1.82) is 0 Å². The molecule has 1 aliphatic carbocycles. The molecule has 7 heteroatoms. The predicted octanol–water partition coefficient (Wildman–Crippen LogP) is 2.26. The lowest BCUT2D eigenvalue weighted by Gasteiger charge is -2.35. The lowest BCUT2D eigenvalue weighted by atomic mass is 9.75. The number of fused-ring (bicyclic) bond motifs is 1. The maximum absolute atomic E-state index is 13.4. The average Bonchev–Trinajstić information content (AvgIpc) is 3.33. The minimum Gasteiger partial charge on any atom is -0.509 e. The summed E-state index contributed by atoms with van der Waals surface area (Å²) in [6.07, 6.45) is 4.30. The zero-order chi connectivity index (χ0) is 21.4. The van der Waals surface area contributed by atoms with E-state index in [1.807, 2.05) is 36.4 Å². The molecule has 0 fully saturated rings. The molecule has 0 saturated heterocycles. The van der Waals surface area contributed by atoms with Crippen LogP contribution < -0.4 is 10.1 Å². The fourth-order valence-electron chi connectivity index (χ4n) is 4.94. The average molecular weight is 417 g/mol. The molecule has 3 atom stereocenters. The van der Waals surface area contributed by atoms with Crippen molar-refractivity contribution in [3.05, 3.63) is 89.2 Å². The van der Waals surface area contributed by atoms with Crippen LogP contribution in [0.4, 0.5) is 0 Å². The molecule has 2 heterocycles. The second kappa shape index (κ2) is 8.00. The minimum atomic E-state index is -0.494. The number of ketones is 1. The topological polar surface area (TPSA) is 93.8 Å². The summed E-state index contributed by atoms with van der Waals surface area (Å²) >= 11 is 0. The van der Waals surface area contributed by atoms with Crippen molar-refractivity contribution in [1.82, 2.24) is 14.8 Å². The van der Waals surface area contributed by atoms with Gasteiger partial charge in [-0.2, -0.15) is 5.10 Å². The van der Waals surface area contributed by atoms with Crippen molar-refractivity contribution >= 4 is 5.78 Å². The summed E-state index contributed by atoms with van der Waals surface area (Å²) < 4.78 is 6.93. The zero-order valence-corrected chi connectivity index (χ0v) is 17.3. The van der Waals surface area contributed by atoms with Gasteiger partial charge in [0.05, 0.1) is 19.2 Å². The van der Waals surface area contributed by atoms with Crippen LogP contribution in [0.5, 0.6) is 5.75 Å². The maximum atomic E-state index is 13.4. The number of allylic oxidation sites excluding steroid dienone is 1. The molecule has 3 N–H and O–H groups in total. The molecule has 7 nitrogen and oxygen atoms in total. The highest BCUT2D eigenvalue weighted by atomic mass is 16.5. The Bertz CT molecular complexity index is 1120. The Morgan fingerprint density at radius 2 is 1.97 bits per heavy atom. The second-order valence-electron chi connectivity index (χ2n) is 8.08. The summed E-state index contributed by atoms with van der Waals surface area (Å²) in [5.41, 5.74) is 3.77. The third-order valence-corrected chi connectivity index (χ3v) is 6.43. The van der Waals surface area contributed by atoms with E-state index >= 15 is 0 Å². The Hall–Kier alpha value is -3.45. The van der Waals surface area contributed by atoms with Crippen LogP contribution in [0.1, 0.15) is 41.1 Å². The number of rotatable bonds is 4. The standard InChI is InChI=1S/C24H24N4O3/c1-31-17-8-6-16(7-9-17)19-12-20(29)21(24(30)23(19)28-14-25-13-27-28)22-18-5-3-2-4-15(18)10-11-26-22/h2-9,13-14,19,22-23,26,30H,10-12H2,1H3/p+1/t19-,22+,23+/m1/s1. The molecule has 0 bridgehead atoms. The molecule has 0 spiro atoms. The quantitative estimate of drug-likeness (QED) is 0.679. The van der Waals surface area contributed by atoms with Crippen LogP contribution >= 0.6 is 0 Å². The summed E-state index contributed by atoms with van der Waals surface area (Å²) in [5, 5.41) is 18.0. The number of hydrogen-bond acceptors (Lipinski definition) is 5. The molecule has 158 valence electrons. The molecule has 0 unspecified atom stereocenters. The summed E-state index contributed by atoms with van der Waals surface area (Å²) in [5.74, 6) is 0.563. The number of nitrogens with two attached hydrogens (primary N) is 1. The first-order valence-electron chi connectivity index (χ1n) is 10.5. The second-order valence-corrected chi connectivity index (χ2v) is 8.08.